The molecule has 3 aromatic rings. The van der Waals surface area contributed by atoms with Crippen LogP contribution in [0.5, 0.6) is 0 Å². The molecule has 7 nitrogen and oxygen atoms in total. The minimum atomic E-state index is -3.66. The van der Waals surface area contributed by atoms with Gasteiger partial charge in [0.25, 0.3) is 0 Å². The molecular formula is C15H14N4O3S. The minimum Gasteiger partial charge on any atom is -0.249 e. The first-order chi connectivity index (χ1) is 11.1. The lowest BCUT2D eigenvalue weighted by Gasteiger charge is -2.28. The molecule has 0 saturated heterocycles. The molecule has 2 aromatic heterocycles. The summed E-state index contributed by atoms with van der Waals surface area (Å²) in [6, 6.07) is 10.8. The molecule has 1 N–H and O–H groups in total. The third-order valence-electron chi connectivity index (χ3n) is 4.12. The van der Waals surface area contributed by atoms with Gasteiger partial charge in [0.1, 0.15) is 0 Å². The lowest BCUT2D eigenvalue weighted by Crippen LogP contribution is -2.36. The first kappa shape index (κ1) is 14.2. The van der Waals surface area contributed by atoms with Gasteiger partial charge in [0.05, 0.1) is 4.90 Å². The first-order valence-corrected chi connectivity index (χ1v) is 8.63. The van der Waals surface area contributed by atoms with E-state index in [4.69, 9.17) is 0 Å². The molecule has 4 rings (SSSR count). The van der Waals surface area contributed by atoms with Crippen LogP contribution in [0.1, 0.15) is 11.1 Å². The van der Waals surface area contributed by atoms with Crippen LogP contribution in [0, 0.1) is 0 Å². The Morgan fingerprint density at radius 3 is 2.70 bits per heavy atom. The molecule has 0 bridgehead atoms. The van der Waals surface area contributed by atoms with Crippen LogP contribution < -0.4 is 5.69 Å². The Bertz CT molecular complexity index is 1050. The van der Waals surface area contributed by atoms with Gasteiger partial charge >= 0.3 is 5.69 Å². The summed E-state index contributed by atoms with van der Waals surface area (Å²) in [5, 5.41) is 6.10. The predicted octanol–water partition coefficient (Wildman–Crippen LogP) is 0.770. The van der Waals surface area contributed by atoms with Crippen LogP contribution in [0.3, 0.4) is 0 Å². The van der Waals surface area contributed by atoms with E-state index < -0.39 is 15.7 Å². The number of hydrogen-bond donors (Lipinski definition) is 1. The lowest BCUT2D eigenvalue weighted by atomic mass is 10.0. The van der Waals surface area contributed by atoms with Crippen molar-refractivity contribution >= 4 is 15.7 Å². The number of aromatic nitrogens is 3. The molecule has 8 heteroatoms. The average molecular weight is 330 g/mol. The predicted molar refractivity (Wildman–Crippen MR) is 83.6 cm³/mol. The molecule has 0 aliphatic carbocycles. The van der Waals surface area contributed by atoms with Crippen LogP contribution in [0.25, 0.3) is 5.65 Å². The quantitative estimate of drug-likeness (QED) is 0.752. The largest absolute Gasteiger partial charge is 0.347 e. The van der Waals surface area contributed by atoms with Crippen molar-refractivity contribution in [1.82, 2.24) is 18.9 Å². The maximum Gasteiger partial charge on any atom is 0.347 e. The van der Waals surface area contributed by atoms with Crippen molar-refractivity contribution in [3.63, 3.8) is 0 Å². The fourth-order valence-electron chi connectivity index (χ4n) is 2.86. The number of nitrogens with zero attached hydrogens (tertiary/aromatic N) is 3. The summed E-state index contributed by atoms with van der Waals surface area (Å²) in [6.07, 6.45) is 2.00. The molecule has 0 atom stereocenters. The van der Waals surface area contributed by atoms with Crippen molar-refractivity contribution in [3.05, 3.63) is 64.2 Å². The smallest absolute Gasteiger partial charge is 0.249 e. The molecule has 0 radical (unpaired) electrons. The Labute approximate surface area is 132 Å². The summed E-state index contributed by atoms with van der Waals surface area (Å²) in [6.45, 7) is 0.772. The summed E-state index contributed by atoms with van der Waals surface area (Å²) in [5.41, 5.74) is 2.13. The van der Waals surface area contributed by atoms with Gasteiger partial charge in [-0.15, -0.1) is 0 Å². The highest BCUT2D eigenvalue weighted by atomic mass is 32.2. The molecule has 0 fully saturated rings. The maximum absolute atomic E-state index is 12.9. The van der Waals surface area contributed by atoms with Crippen LogP contribution in [-0.4, -0.2) is 33.9 Å². The minimum absolute atomic E-state index is 0.0906. The van der Waals surface area contributed by atoms with Crippen LogP contribution in [0.4, 0.5) is 0 Å². The Hall–Kier alpha value is -2.45. The Kier molecular flexibility index (Phi) is 3.10. The van der Waals surface area contributed by atoms with Crippen LogP contribution in [0.15, 0.2) is 52.3 Å². The van der Waals surface area contributed by atoms with E-state index in [2.05, 4.69) is 10.2 Å². The molecule has 0 amide bonds. The van der Waals surface area contributed by atoms with E-state index in [1.165, 1.54) is 32.6 Å². The van der Waals surface area contributed by atoms with Gasteiger partial charge in [-0.05, 0) is 29.7 Å². The van der Waals surface area contributed by atoms with E-state index in [1.807, 2.05) is 24.3 Å². The first-order valence-electron chi connectivity index (χ1n) is 7.19. The molecule has 23 heavy (non-hydrogen) atoms. The van der Waals surface area contributed by atoms with Crippen molar-refractivity contribution in [2.75, 3.05) is 6.54 Å². The Morgan fingerprint density at radius 2 is 1.87 bits per heavy atom. The zero-order valence-corrected chi connectivity index (χ0v) is 13.0. The van der Waals surface area contributed by atoms with E-state index in [0.717, 1.165) is 5.56 Å². The van der Waals surface area contributed by atoms with Crippen molar-refractivity contribution < 1.29 is 8.42 Å². The number of benzene rings is 1. The van der Waals surface area contributed by atoms with E-state index in [1.54, 1.807) is 0 Å². The van der Waals surface area contributed by atoms with Gasteiger partial charge in [-0.25, -0.2) is 22.7 Å². The zero-order valence-electron chi connectivity index (χ0n) is 12.1. The number of aromatic amines is 1. The Balaban J connectivity index is 1.75. The molecule has 0 saturated carbocycles. The van der Waals surface area contributed by atoms with Crippen molar-refractivity contribution in [1.29, 1.82) is 0 Å². The molecule has 1 aliphatic heterocycles. The molecule has 0 unspecified atom stereocenters. The van der Waals surface area contributed by atoms with Crippen LogP contribution in [-0.2, 0) is 23.0 Å². The van der Waals surface area contributed by atoms with Crippen molar-refractivity contribution in [3.8, 4) is 0 Å². The SMILES string of the molecule is O=c1[nH]nc2ccc(S(=O)(=O)N3CCc4ccccc4C3)cn12. The van der Waals surface area contributed by atoms with Gasteiger partial charge in [0.15, 0.2) is 5.65 Å². The van der Waals surface area contributed by atoms with Gasteiger partial charge in [0.2, 0.25) is 10.0 Å². The Morgan fingerprint density at radius 1 is 1.09 bits per heavy atom. The maximum atomic E-state index is 12.9. The molecule has 1 aliphatic rings. The number of rotatable bonds is 2. The van der Waals surface area contributed by atoms with E-state index >= 15 is 0 Å². The number of fused-ring (bicyclic) bond motifs is 2. The standard InChI is InChI=1S/C15H14N4O3S/c20-15-17-16-14-6-5-13(10-19(14)15)23(21,22)18-8-7-11-3-1-2-4-12(11)9-18/h1-6,10H,7-9H2,(H,17,20). The fraction of sp³-hybridized carbons (Fsp3) is 0.200. The van der Waals surface area contributed by atoms with Crippen molar-refractivity contribution in [2.45, 2.75) is 17.9 Å². The number of H-pyrrole nitrogens is 1. The summed E-state index contributed by atoms with van der Waals surface area (Å²) in [7, 11) is -3.66. The number of nitrogens with one attached hydrogen (secondary N) is 1. The van der Waals surface area contributed by atoms with Gasteiger partial charge < -0.3 is 0 Å². The summed E-state index contributed by atoms with van der Waals surface area (Å²) < 4.78 is 28.4. The zero-order chi connectivity index (χ0) is 16.0. The second-order valence-electron chi connectivity index (χ2n) is 5.48. The van der Waals surface area contributed by atoms with Gasteiger partial charge in [-0.3, -0.25) is 0 Å². The number of sulfonamides is 1. The summed E-state index contributed by atoms with van der Waals surface area (Å²) >= 11 is 0. The highest BCUT2D eigenvalue weighted by molar-refractivity contribution is 7.89. The topological polar surface area (TPSA) is 87.5 Å². The molecule has 1 aromatic carbocycles. The molecule has 3 heterocycles. The number of hydrogen-bond acceptors (Lipinski definition) is 4. The lowest BCUT2D eigenvalue weighted by molar-refractivity contribution is 0.391. The average Bonchev–Trinajstić information content (AvgIpc) is 2.95. The third kappa shape index (κ3) is 2.27. The van der Waals surface area contributed by atoms with Gasteiger partial charge in [0, 0.05) is 19.3 Å². The highest BCUT2D eigenvalue weighted by Crippen LogP contribution is 2.24. The normalized spacial score (nSPS) is 15.7. The van der Waals surface area contributed by atoms with E-state index in [9.17, 15) is 13.2 Å². The van der Waals surface area contributed by atoms with Gasteiger partial charge in [-0.2, -0.15) is 9.40 Å². The fourth-order valence-corrected chi connectivity index (χ4v) is 4.28. The van der Waals surface area contributed by atoms with E-state index in [-0.39, 0.29) is 4.90 Å². The van der Waals surface area contributed by atoms with Crippen LogP contribution in [0.2, 0.25) is 0 Å². The molecule has 0 spiro atoms. The van der Waals surface area contributed by atoms with Crippen molar-refractivity contribution in [2.24, 2.45) is 0 Å². The number of pyridine rings is 1. The second kappa shape index (κ2) is 5.04. The molecular weight excluding hydrogens is 316 g/mol. The molecule has 118 valence electrons. The third-order valence-corrected chi connectivity index (χ3v) is 5.95. The van der Waals surface area contributed by atoms with Gasteiger partial charge in [-0.1, -0.05) is 24.3 Å². The summed E-state index contributed by atoms with van der Waals surface area (Å²) in [4.78, 5) is 11.7. The summed E-state index contributed by atoms with van der Waals surface area (Å²) in [5.74, 6) is 0. The second-order valence-corrected chi connectivity index (χ2v) is 7.42. The van der Waals surface area contributed by atoms with E-state index in [0.29, 0.717) is 25.2 Å². The van der Waals surface area contributed by atoms with Crippen LogP contribution >= 0.6 is 0 Å². The highest BCUT2D eigenvalue weighted by Gasteiger charge is 2.28. The monoisotopic (exact) mass is 330 g/mol.